The van der Waals surface area contributed by atoms with Crippen LogP contribution in [-0.2, 0) is 0 Å². The molecule has 0 aliphatic carbocycles. The van der Waals surface area contributed by atoms with Gasteiger partial charge in [0.05, 0.1) is 18.8 Å². The molecule has 18 heavy (non-hydrogen) atoms. The van der Waals surface area contributed by atoms with Crippen LogP contribution < -0.4 is 5.32 Å². The van der Waals surface area contributed by atoms with Crippen molar-refractivity contribution in [3.63, 3.8) is 0 Å². The molecule has 1 rings (SSSR count). The molecule has 0 fully saturated rings. The van der Waals surface area contributed by atoms with Gasteiger partial charge in [0, 0.05) is 6.54 Å². The minimum atomic E-state index is -0.325. The maximum Gasteiger partial charge on any atom is 0.0664 e. The summed E-state index contributed by atoms with van der Waals surface area (Å²) in [5, 5.41) is 22.4. The fourth-order valence-corrected chi connectivity index (χ4v) is 1.98. The standard InChI is InChI=1S/C15H25NO2/c1-2-3-5-10-14(18)11-16-15(12-17)13-8-6-4-7-9-13/h4,6-9,14-18H,2-3,5,10-12H2,1H3/t14-,15-/m1/s1. The van der Waals surface area contributed by atoms with Gasteiger partial charge in [-0.15, -0.1) is 0 Å². The van der Waals surface area contributed by atoms with Crippen molar-refractivity contribution in [3.8, 4) is 0 Å². The molecule has 1 aromatic rings. The molecule has 3 N–H and O–H groups in total. The Balaban J connectivity index is 2.31. The van der Waals surface area contributed by atoms with Crippen LogP contribution in [0, 0.1) is 0 Å². The van der Waals surface area contributed by atoms with E-state index >= 15 is 0 Å². The highest BCUT2D eigenvalue weighted by Crippen LogP contribution is 2.12. The van der Waals surface area contributed by atoms with Crippen molar-refractivity contribution in [1.29, 1.82) is 0 Å². The first-order valence-electron chi connectivity index (χ1n) is 6.85. The Morgan fingerprint density at radius 3 is 2.50 bits per heavy atom. The maximum absolute atomic E-state index is 9.82. The molecule has 0 amide bonds. The van der Waals surface area contributed by atoms with E-state index in [0.717, 1.165) is 18.4 Å². The van der Waals surface area contributed by atoms with Gasteiger partial charge in [-0.2, -0.15) is 0 Å². The van der Waals surface area contributed by atoms with Crippen LogP contribution in [-0.4, -0.2) is 29.5 Å². The molecule has 1 aromatic carbocycles. The van der Waals surface area contributed by atoms with E-state index in [9.17, 15) is 10.2 Å². The van der Waals surface area contributed by atoms with Crippen molar-refractivity contribution < 1.29 is 10.2 Å². The fourth-order valence-electron chi connectivity index (χ4n) is 1.98. The lowest BCUT2D eigenvalue weighted by Gasteiger charge is -2.19. The summed E-state index contributed by atoms with van der Waals surface area (Å²) in [5.74, 6) is 0. The summed E-state index contributed by atoms with van der Waals surface area (Å²) < 4.78 is 0. The molecule has 102 valence electrons. The van der Waals surface area contributed by atoms with Gasteiger partial charge < -0.3 is 15.5 Å². The zero-order chi connectivity index (χ0) is 13.2. The molecule has 0 aliphatic heterocycles. The average Bonchev–Trinajstić information content (AvgIpc) is 2.41. The normalized spacial score (nSPS) is 14.4. The van der Waals surface area contributed by atoms with Crippen molar-refractivity contribution in [2.24, 2.45) is 0 Å². The predicted molar refractivity (Wildman–Crippen MR) is 74.4 cm³/mol. The number of aliphatic hydroxyl groups excluding tert-OH is 2. The number of benzene rings is 1. The van der Waals surface area contributed by atoms with Gasteiger partial charge in [0.1, 0.15) is 0 Å². The lowest BCUT2D eigenvalue weighted by molar-refractivity contribution is 0.145. The molecule has 0 unspecified atom stereocenters. The van der Waals surface area contributed by atoms with Gasteiger partial charge in [0.2, 0.25) is 0 Å². The van der Waals surface area contributed by atoms with Crippen LogP contribution in [0.3, 0.4) is 0 Å². The highest BCUT2D eigenvalue weighted by Gasteiger charge is 2.11. The summed E-state index contributed by atoms with van der Waals surface area (Å²) in [6.45, 7) is 2.73. The second-order valence-corrected chi connectivity index (χ2v) is 4.70. The van der Waals surface area contributed by atoms with Crippen molar-refractivity contribution in [1.82, 2.24) is 5.32 Å². The quantitative estimate of drug-likeness (QED) is 0.590. The van der Waals surface area contributed by atoms with Crippen LogP contribution in [0.4, 0.5) is 0 Å². The number of unbranched alkanes of at least 4 members (excludes halogenated alkanes) is 2. The molecule has 3 heteroatoms. The summed E-state index contributed by atoms with van der Waals surface area (Å²) in [4.78, 5) is 0. The zero-order valence-corrected chi connectivity index (χ0v) is 11.2. The lowest BCUT2D eigenvalue weighted by Crippen LogP contribution is -2.32. The van der Waals surface area contributed by atoms with Gasteiger partial charge in [-0.25, -0.2) is 0 Å². The van der Waals surface area contributed by atoms with Gasteiger partial charge in [-0.1, -0.05) is 56.5 Å². The number of rotatable bonds is 9. The molecule has 0 heterocycles. The molecule has 0 bridgehead atoms. The molecule has 2 atom stereocenters. The minimum Gasteiger partial charge on any atom is -0.394 e. The van der Waals surface area contributed by atoms with Gasteiger partial charge >= 0.3 is 0 Å². The highest BCUT2D eigenvalue weighted by atomic mass is 16.3. The molecule has 0 aromatic heterocycles. The first-order valence-corrected chi connectivity index (χ1v) is 6.85. The van der Waals surface area contributed by atoms with E-state index in [0.29, 0.717) is 6.54 Å². The van der Waals surface area contributed by atoms with Crippen molar-refractivity contribution in [3.05, 3.63) is 35.9 Å². The van der Waals surface area contributed by atoms with E-state index in [1.165, 1.54) is 12.8 Å². The van der Waals surface area contributed by atoms with Crippen LogP contribution in [0.5, 0.6) is 0 Å². The van der Waals surface area contributed by atoms with Gasteiger partial charge in [0.25, 0.3) is 0 Å². The minimum absolute atomic E-state index is 0.0473. The topological polar surface area (TPSA) is 52.5 Å². The lowest BCUT2D eigenvalue weighted by atomic mass is 10.1. The second-order valence-electron chi connectivity index (χ2n) is 4.70. The van der Waals surface area contributed by atoms with Crippen molar-refractivity contribution in [2.75, 3.05) is 13.2 Å². The molecule has 0 spiro atoms. The third-order valence-electron chi connectivity index (χ3n) is 3.13. The Labute approximate surface area is 110 Å². The van der Waals surface area contributed by atoms with E-state index in [4.69, 9.17) is 0 Å². The smallest absolute Gasteiger partial charge is 0.0664 e. The average molecular weight is 251 g/mol. The Morgan fingerprint density at radius 1 is 1.17 bits per heavy atom. The molecular weight excluding hydrogens is 226 g/mol. The molecule has 0 aliphatic rings. The Hall–Kier alpha value is -0.900. The monoisotopic (exact) mass is 251 g/mol. The Bertz CT molecular complexity index is 303. The third-order valence-corrected chi connectivity index (χ3v) is 3.13. The highest BCUT2D eigenvalue weighted by molar-refractivity contribution is 5.18. The largest absolute Gasteiger partial charge is 0.394 e. The number of aliphatic hydroxyl groups is 2. The second kappa shape index (κ2) is 9.09. The number of hydrogen-bond acceptors (Lipinski definition) is 3. The van der Waals surface area contributed by atoms with Crippen LogP contribution in [0.2, 0.25) is 0 Å². The van der Waals surface area contributed by atoms with Crippen LogP contribution in [0.1, 0.15) is 44.2 Å². The first-order chi connectivity index (χ1) is 8.77. The van der Waals surface area contributed by atoms with Gasteiger partial charge in [-0.3, -0.25) is 0 Å². The third kappa shape index (κ3) is 5.63. The summed E-state index contributed by atoms with van der Waals surface area (Å²) in [5.41, 5.74) is 1.06. The summed E-state index contributed by atoms with van der Waals surface area (Å²) in [6.07, 6.45) is 3.90. The van der Waals surface area contributed by atoms with Crippen LogP contribution >= 0.6 is 0 Å². The van der Waals surface area contributed by atoms with Crippen LogP contribution in [0.15, 0.2) is 30.3 Å². The molecule has 3 nitrogen and oxygen atoms in total. The van der Waals surface area contributed by atoms with Crippen molar-refractivity contribution >= 4 is 0 Å². The van der Waals surface area contributed by atoms with Crippen molar-refractivity contribution in [2.45, 2.75) is 44.8 Å². The molecule has 0 saturated heterocycles. The number of hydrogen-bond donors (Lipinski definition) is 3. The SMILES string of the molecule is CCCCC[C@@H](O)CN[C@H](CO)c1ccccc1. The van der Waals surface area contributed by atoms with E-state index < -0.39 is 0 Å². The summed E-state index contributed by atoms with van der Waals surface area (Å²) >= 11 is 0. The molecule has 0 saturated carbocycles. The van der Waals surface area contributed by atoms with Gasteiger partial charge in [0.15, 0.2) is 0 Å². The summed E-state index contributed by atoms with van der Waals surface area (Å²) in [6, 6.07) is 9.74. The Kier molecular flexibility index (Phi) is 7.65. The van der Waals surface area contributed by atoms with Gasteiger partial charge in [-0.05, 0) is 12.0 Å². The van der Waals surface area contributed by atoms with E-state index in [1.54, 1.807) is 0 Å². The van der Waals surface area contributed by atoms with E-state index in [-0.39, 0.29) is 18.8 Å². The van der Waals surface area contributed by atoms with E-state index in [1.807, 2.05) is 30.3 Å². The number of nitrogens with one attached hydrogen (secondary N) is 1. The van der Waals surface area contributed by atoms with E-state index in [2.05, 4.69) is 12.2 Å². The summed E-state index contributed by atoms with van der Waals surface area (Å²) in [7, 11) is 0. The molecule has 0 radical (unpaired) electrons. The first kappa shape index (κ1) is 15.2. The zero-order valence-electron chi connectivity index (χ0n) is 11.2. The predicted octanol–water partition coefficient (Wildman–Crippen LogP) is 2.25. The van der Waals surface area contributed by atoms with Crippen LogP contribution in [0.25, 0.3) is 0 Å². The fraction of sp³-hybridized carbons (Fsp3) is 0.600. The molecular formula is C15H25NO2. The maximum atomic E-state index is 9.82. The Morgan fingerprint density at radius 2 is 1.89 bits per heavy atom.